The molecule has 0 spiro atoms. The van der Waals surface area contributed by atoms with Crippen LogP contribution in [0, 0.1) is 6.92 Å². The summed E-state index contributed by atoms with van der Waals surface area (Å²) in [5.74, 6) is -1.39. The van der Waals surface area contributed by atoms with Crippen LogP contribution in [0.1, 0.15) is 26.5 Å². The van der Waals surface area contributed by atoms with Gasteiger partial charge in [-0.25, -0.2) is 4.98 Å². The number of amides is 3. The molecule has 0 saturated carbocycles. The number of fused-ring (bicyclic) bond motifs is 1. The molecular weight excluding hydrogens is 334 g/mol. The minimum absolute atomic E-state index is 0.232. The van der Waals surface area contributed by atoms with Crippen molar-refractivity contribution < 1.29 is 14.4 Å². The third-order valence-electron chi connectivity index (χ3n) is 3.76. The standard InChI is InChI=1S/C18H17N5O3/c1-11-3-2-4-16-22-14(10-23(11)16)18(26)21-13-7-5-12(6-8-13)17(25)20-9-15(19)24/h2-8,10H,9H2,1H3,(H2,19,24)(H,20,25)(H,21,26). The molecule has 0 atom stereocenters. The molecule has 0 bridgehead atoms. The van der Waals surface area contributed by atoms with Crippen molar-refractivity contribution in [1.82, 2.24) is 14.7 Å². The van der Waals surface area contributed by atoms with Crippen LogP contribution in [0.15, 0.2) is 48.7 Å². The second-order valence-corrected chi connectivity index (χ2v) is 5.70. The molecule has 0 aliphatic heterocycles. The fourth-order valence-corrected chi connectivity index (χ4v) is 2.43. The molecule has 0 unspecified atom stereocenters. The minimum atomic E-state index is -0.620. The number of benzene rings is 1. The van der Waals surface area contributed by atoms with E-state index in [0.29, 0.717) is 22.6 Å². The van der Waals surface area contributed by atoms with E-state index in [4.69, 9.17) is 5.73 Å². The van der Waals surface area contributed by atoms with Gasteiger partial charge >= 0.3 is 0 Å². The zero-order valence-electron chi connectivity index (χ0n) is 14.0. The topological polar surface area (TPSA) is 119 Å². The summed E-state index contributed by atoms with van der Waals surface area (Å²) in [6, 6.07) is 11.9. The van der Waals surface area contributed by atoms with Gasteiger partial charge in [0.1, 0.15) is 11.3 Å². The van der Waals surface area contributed by atoms with Crippen molar-refractivity contribution in [3.8, 4) is 0 Å². The highest BCUT2D eigenvalue weighted by Gasteiger charge is 2.12. The Morgan fingerprint density at radius 1 is 1.08 bits per heavy atom. The van der Waals surface area contributed by atoms with Gasteiger partial charge < -0.3 is 20.8 Å². The Morgan fingerprint density at radius 3 is 2.46 bits per heavy atom. The van der Waals surface area contributed by atoms with E-state index >= 15 is 0 Å². The molecule has 8 nitrogen and oxygen atoms in total. The number of hydrogen-bond acceptors (Lipinski definition) is 4. The fourth-order valence-electron chi connectivity index (χ4n) is 2.43. The van der Waals surface area contributed by atoms with Crippen molar-refractivity contribution in [3.05, 3.63) is 65.6 Å². The quantitative estimate of drug-likeness (QED) is 0.638. The average molecular weight is 351 g/mol. The van der Waals surface area contributed by atoms with E-state index in [1.165, 1.54) is 0 Å². The Labute approximate surface area is 149 Å². The molecule has 4 N–H and O–H groups in total. The molecule has 26 heavy (non-hydrogen) atoms. The first-order valence-electron chi connectivity index (χ1n) is 7.86. The van der Waals surface area contributed by atoms with Crippen molar-refractivity contribution in [2.24, 2.45) is 5.73 Å². The summed E-state index contributed by atoms with van der Waals surface area (Å²) in [7, 11) is 0. The third-order valence-corrected chi connectivity index (χ3v) is 3.76. The number of imidazole rings is 1. The molecular formula is C18H17N5O3. The van der Waals surface area contributed by atoms with Gasteiger partial charge in [0.25, 0.3) is 11.8 Å². The van der Waals surface area contributed by atoms with E-state index < -0.39 is 11.8 Å². The zero-order valence-corrected chi connectivity index (χ0v) is 14.0. The van der Waals surface area contributed by atoms with E-state index in [-0.39, 0.29) is 12.5 Å². The first-order chi connectivity index (χ1) is 12.4. The normalized spacial score (nSPS) is 10.5. The number of carbonyl (C=O) groups is 3. The van der Waals surface area contributed by atoms with E-state index in [1.807, 2.05) is 29.5 Å². The highest BCUT2D eigenvalue weighted by atomic mass is 16.2. The number of anilines is 1. The van der Waals surface area contributed by atoms with Gasteiger partial charge in [0, 0.05) is 23.1 Å². The highest BCUT2D eigenvalue weighted by molar-refractivity contribution is 6.03. The molecule has 1 aromatic carbocycles. The summed E-state index contributed by atoms with van der Waals surface area (Å²) in [5, 5.41) is 5.13. The van der Waals surface area contributed by atoms with Gasteiger partial charge in [-0.2, -0.15) is 0 Å². The number of rotatable bonds is 5. The van der Waals surface area contributed by atoms with Gasteiger partial charge in [-0.05, 0) is 43.3 Å². The van der Waals surface area contributed by atoms with Crippen LogP contribution in [0.3, 0.4) is 0 Å². The molecule has 2 aromatic heterocycles. The van der Waals surface area contributed by atoms with Crippen LogP contribution in [0.2, 0.25) is 0 Å². The molecule has 2 heterocycles. The predicted octanol–water partition coefficient (Wildman–Crippen LogP) is 1.11. The first kappa shape index (κ1) is 17.2. The molecule has 0 saturated heterocycles. The van der Waals surface area contributed by atoms with Crippen molar-refractivity contribution in [2.75, 3.05) is 11.9 Å². The SMILES string of the molecule is Cc1cccc2nc(C(=O)Nc3ccc(C(=O)NCC(N)=O)cc3)cn12. The number of nitrogens with one attached hydrogen (secondary N) is 2. The maximum atomic E-state index is 12.4. The minimum Gasteiger partial charge on any atom is -0.368 e. The number of carbonyl (C=O) groups excluding carboxylic acids is 3. The average Bonchev–Trinajstić information content (AvgIpc) is 3.06. The number of primary amides is 1. The van der Waals surface area contributed by atoms with E-state index in [0.717, 1.165) is 5.69 Å². The van der Waals surface area contributed by atoms with Crippen molar-refractivity contribution >= 4 is 29.1 Å². The lowest BCUT2D eigenvalue weighted by Gasteiger charge is -2.06. The Bertz CT molecular complexity index is 992. The van der Waals surface area contributed by atoms with Crippen molar-refractivity contribution in [3.63, 3.8) is 0 Å². The summed E-state index contributed by atoms with van der Waals surface area (Å²) in [6.45, 7) is 1.70. The molecule has 0 fully saturated rings. The zero-order chi connectivity index (χ0) is 18.7. The molecule has 132 valence electrons. The maximum Gasteiger partial charge on any atom is 0.275 e. The number of pyridine rings is 1. The van der Waals surface area contributed by atoms with Gasteiger partial charge in [0.2, 0.25) is 5.91 Å². The molecule has 3 amide bonds. The van der Waals surface area contributed by atoms with Crippen LogP contribution < -0.4 is 16.4 Å². The summed E-state index contributed by atoms with van der Waals surface area (Å²) >= 11 is 0. The molecule has 0 aliphatic rings. The molecule has 0 radical (unpaired) electrons. The van der Waals surface area contributed by atoms with Crippen LogP contribution in [0.4, 0.5) is 5.69 Å². The summed E-state index contributed by atoms with van der Waals surface area (Å²) < 4.78 is 1.83. The molecule has 3 aromatic rings. The second kappa shape index (κ2) is 7.06. The van der Waals surface area contributed by atoms with Gasteiger partial charge in [-0.3, -0.25) is 14.4 Å². The Morgan fingerprint density at radius 2 is 1.81 bits per heavy atom. The smallest absolute Gasteiger partial charge is 0.275 e. The monoisotopic (exact) mass is 351 g/mol. The molecule has 8 heteroatoms. The fraction of sp³-hybridized carbons (Fsp3) is 0.111. The second-order valence-electron chi connectivity index (χ2n) is 5.70. The van der Waals surface area contributed by atoms with Gasteiger partial charge in [0.15, 0.2) is 0 Å². The van der Waals surface area contributed by atoms with Crippen LogP contribution in [0.25, 0.3) is 5.65 Å². The largest absolute Gasteiger partial charge is 0.368 e. The van der Waals surface area contributed by atoms with Crippen molar-refractivity contribution in [2.45, 2.75) is 6.92 Å². The van der Waals surface area contributed by atoms with Crippen LogP contribution >= 0.6 is 0 Å². The lowest BCUT2D eigenvalue weighted by Crippen LogP contribution is -2.33. The summed E-state index contributed by atoms with van der Waals surface area (Å²) in [4.78, 5) is 39.2. The first-order valence-corrected chi connectivity index (χ1v) is 7.86. The number of aryl methyl sites for hydroxylation is 1. The molecule has 3 rings (SSSR count). The summed E-state index contributed by atoms with van der Waals surface area (Å²) in [5.41, 5.74) is 7.82. The van der Waals surface area contributed by atoms with Gasteiger partial charge in [-0.1, -0.05) is 6.07 Å². The Kier molecular flexibility index (Phi) is 4.66. The van der Waals surface area contributed by atoms with Crippen LogP contribution in [-0.4, -0.2) is 33.7 Å². The number of nitrogens with two attached hydrogens (primary N) is 1. The van der Waals surface area contributed by atoms with E-state index in [1.54, 1.807) is 30.5 Å². The lowest BCUT2D eigenvalue weighted by atomic mass is 10.2. The summed E-state index contributed by atoms with van der Waals surface area (Å²) in [6.07, 6.45) is 1.67. The Hall–Kier alpha value is -3.68. The van der Waals surface area contributed by atoms with Crippen molar-refractivity contribution in [1.29, 1.82) is 0 Å². The van der Waals surface area contributed by atoms with E-state index in [9.17, 15) is 14.4 Å². The lowest BCUT2D eigenvalue weighted by molar-refractivity contribution is -0.117. The van der Waals surface area contributed by atoms with Crippen LogP contribution in [0.5, 0.6) is 0 Å². The van der Waals surface area contributed by atoms with Gasteiger partial charge in [0.05, 0.1) is 6.54 Å². The van der Waals surface area contributed by atoms with E-state index in [2.05, 4.69) is 15.6 Å². The van der Waals surface area contributed by atoms with Gasteiger partial charge in [-0.15, -0.1) is 0 Å². The third kappa shape index (κ3) is 3.69. The highest BCUT2D eigenvalue weighted by Crippen LogP contribution is 2.13. The number of hydrogen-bond donors (Lipinski definition) is 3. The number of aromatic nitrogens is 2. The maximum absolute atomic E-state index is 12.4. The van der Waals surface area contributed by atoms with Crippen LogP contribution in [-0.2, 0) is 4.79 Å². The number of nitrogens with zero attached hydrogens (tertiary/aromatic N) is 2. The predicted molar refractivity (Wildman–Crippen MR) is 95.9 cm³/mol. The Balaban J connectivity index is 1.70. The molecule has 0 aliphatic carbocycles.